The number of para-hydroxylation sites is 4. The second kappa shape index (κ2) is 17.1. The SMILES string of the molecule is Cc1c(Oc2cc(C(C)(C)C)ccn2)[c-]c(-n2c3[c-]c(N4[CH-]N(C)c5ccccc54)ccc3c3ccc(N4[CH-]N(C)c5ccccc54)[c-]c32)[c-]c1Oc1cc(C(C)(C)C)ccn1.[Pt].[Pt]. The van der Waals surface area contributed by atoms with Gasteiger partial charge in [0.15, 0.2) is 0 Å². The Balaban J connectivity index is 0.00000280. The predicted octanol–water partition coefficient (Wildman–Crippen LogP) is 12.7. The van der Waals surface area contributed by atoms with Crippen LogP contribution in [0.15, 0.2) is 109 Å². The van der Waals surface area contributed by atoms with Crippen LogP contribution in [0, 0.1) is 44.5 Å². The van der Waals surface area contributed by atoms with E-state index < -0.39 is 0 Å². The van der Waals surface area contributed by atoms with E-state index in [1.54, 1.807) is 12.4 Å². The fourth-order valence-corrected chi connectivity index (χ4v) is 8.18. The number of aromatic nitrogens is 3. The van der Waals surface area contributed by atoms with Crippen LogP contribution in [0.3, 0.4) is 0 Å². The van der Waals surface area contributed by atoms with Crippen LogP contribution in [0.1, 0.15) is 58.2 Å². The minimum atomic E-state index is -0.109. The molecule has 9 nitrogen and oxygen atoms in total. The standard InChI is InChI=1S/C53H47N7O2.2Pt/c1-34-48(61-50-26-35(22-24-54-50)52(2,3)4)30-39(31-49(34)62-51-27-36(23-25-55-51)53(5,6)7)60-46-28-37(58-32-56(8)42-14-10-12-16-44(42)58)18-20-40(46)41-21-19-38(29-47(41)60)59-33-57(9)43-15-11-13-17-45(43)59;;/h10-27,32-33H,1-9H3;;/q-6;;. The third-order valence-electron chi connectivity index (χ3n) is 11.7. The molecular formula is C53H47N7O2Pt2-6. The summed E-state index contributed by atoms with van der Waals surface area (Å²) in [5, 5.41) is 2.00. The molecule has 332 valence electrons. The van der Waals surface area contributed by atoms with Crippen LogP contribution >= 0.6 is 0 Å². The predicted molar refractivity (Wildman–Crippen MR) is 249 cm³/mol. The zero-order chi connectivity index (χ0) is 43.1. The summed E-state index contributed by atoms with van der Waals surface area (Å²) < 4.78 is 15.6. The summed E-state index contributed by atoms with van der Waals surface area (Å²) in [5.74, 6) is 1.82. The Kier molecular flexibility index (Phi) is 12.0. The molecule has 10 rings (SSSR count). The van der Waals surface area contributed by atoms with Gasteiger partial charge in [-0.1, -0.05) is 88.3 Å². The molecule has 2 aliphatic rings. The smallest absolute Gasteiger partial charge is 0.215 e. The van der Waals surface area contributed by atoms with Crippen LogP contribution in [0.2, 0.25) is 0 Å². The van der Waals surface area contributed by atoms with Crippen LogP contribution in [0.4, 0.5) is 34.1 Å². The molecule has 0 saturated heterocycles. The molecule has 0 atom stereocenters. The molecule has 8 aromatic rings. The Labute approximate surface area is 405 Å². The molecule has 0 radical (unpaired) electrons. The molecule has 0 amide bonds. The maximum atomic E-state index is 6.72. The van der Waals surface area contributed by atoms with Crippen molar-refractivity contribution in [1.82, 2.24) is 14.5 Å². The van der Waals surface area contributed by atoms with Crippen molar-refractivity contribution in [3.05, 3.63) is 164 Å². The number of hydrogen-bond acceptors (Lipinski definition) is 8. The summed E-state index contributed by atoms with van der Waals surface area (Å²) in [6.07, 6.45) is 3.58. The first-order valence-electron chi connectivity index (χ1n) is 20.8. The van der Waals surface area contributed by atoms with Crippen LogP contribution in [0.25, 0.3) is 27.5 Å². The van der Waals surface area contributed by atoms with E-state index in [4.69, 9.17) is 9.47 Å². The zero-order valence-electron chi connectivity index (χ0n) is 37.1. The molecule has 3 aromatic heterocycles. The van der Waals surface area contributed by atoms with Gasteiger partial charge in [0.2, 0.25) is 11.8 Å². The maximum Gasteiger partial charge on any atom is 0.215 e. The number of anilines is 6. The van der Waals surface area contributed by atoms with E-state index in [0.717, 1.165) is 67.1 Å². The molecular weight excluding hydrogens is 1160 g/mol. The van der Waals surface area contributed by atoms with Crippen molar-refractivity contribution in [1.29, 1.82) is 0 Å². The number of fused-ring (bicyclic) bond motifs is 5. The summed E-state index contributed by atoms with van der Waals surface area (Å²) >= 11 is 0. The average molecular weight is 1200 g/mol. The topological polar surface area (TPSA) is 62.1 Å². The van der Waals surface area contributed by atoms with E-state index in [1.807, 2.05) is 31.2 Å². The number of pyridine rings is 2. The molecule has 64 heavy (non-hydrogen) atoms. The van der Waals surface area contributed by atoms with Crippen molar-refractivity contribution in [2.45, 2.75) is 59.3 Å². The van der Waals surface area contributed by atoms with Crippen molar-refractivity contribution in [3.63, 3.8) is 0 Å². The molecule has 11 heteroatoms. The van der Waals surface area contributed by atoms with Gasteiger partial charge in [-0.25, -0.2) is 9.97 Å². The fraction of sp³-hybridized carbons (Fsp3) is 0.208. The first-order valence-corrected chi connectivity index (χ1v) is 20.8. The summed E-state index contributed by atoms with van der Waals surface area (Å²) in [4.78, 5) is 17.9. The van der Waals surface area contributed by atoms with Gasteiger partial charge >= 0.3 is 0 Å². The molecule has 0 spiro atoms. The maximum absolute atomic E-state index is 6.72. The molecule has 0 unspecified atom stereocenters. The first-order chi connectivity index (χ1) is 29.7. The van der Waals surface area contributed by atoms with Crippen molar-refractivity contribution in [2.75, 3.05) is 33.7 Å². The van der Waals surface area contributed by atoms with E-state index >= 15 is 0 Å². The van der Waals surface area contributed by atoms with E-state index in [1.165, 1.54) is 0 Å². The second-order valence-corrected chi connectivity index (χ2v) is 18.1. The molecule has 0 bridgehead atoms. The quantitative estimate of drug-likeness (QED) is 0.146. The zero-order valence-corrected chi connectivity index (χ0v) is 41.7. The van der Waals surface area contributed by atoms with Crippen LogP contribution in [0.5, 0.6) is 23.3 Å². The Morgan fingerprint density at radius 1 is 0.531 bits per heavy atom. The van der Waals surface area contributed by atoms with E-state index in [-0.39, 0.29) is 53.0 Å². The Morgan fingerprint density at radius 2 is 0.938 bits per heavy atom. The van der Waals surface area contributed by atoms with E-state index in [9.17, 15) is 0 Å². The Hall–Kier alpha value is -5.62. The fourth-order valence-electron chi connectivity index (χ4n) is 8.18. The summed E-state index contributed by atoms with van der Waals surface area (Å²) in [7, 11) is 4.13. The first kappa shape index (κ1) is 45.0. The van der Waals surface area contributed by atoms with Gasteiger partial charge in [-0.05, 0) is 72.5 Å². The summed E-state index contributed by atoms with van der Waals surface area (Å²) in [5.41, 5.74) is 11.0. The largest absolute Gasteiger partial charge is 0.504 e. The number of benzene rings is 5. The molecule has 2 aliphatic heterocycles. The van der Waals surface area contributed by atoms with Crippen LogP contribution in [-0.4, -0.2) is 28.6 Å². The summed E-state index contributed by atoms with van der Waals surface area (Å²) in [6.45, 7) is 19.2. The van der Waals surface area contributed by atoms with Gasteiger partial charge in [-0.2, -0.15) is 59.6 Å². The molecule has 0 aliphatic carbocycles. The number of hydrogen-bond donors (Lipinski definition) is 0. The second-order valence-electron chi connectivity index (χ2n) is 18.1. The van der Waals surface area contributed by atoms with Crippen molar-refractivity contribution < 1.29 is 51.6 Å². The van der Waals surface area contributed by atoms with Gasteiger partial charge in [-0.15, -0.1) is 30.4 Å². The van der Waals surface area contributed by atoms with Crippen molar-refractivity contribution >= 4 is 55.9 Å². The van der Waals surface area contributed by atoms with E-state index in [0.29, 0.717) is 34.5 Å². The van der Waals surface area contributed by atoms with Crippen LogP contribution < -0.4 is 29.1 Å². The summed E-state index contributed by atoms with van der Waals surface area (Å²) in [6, 6.07) is 48.3. The molecule has 5 aromatic carbocycles. The number of nitrogens with zero attached hydrogens (tertiary/aromatic N) is 7. The number of rotatable bonds is 7. The van der Waals surface area contributed by atoms with Gasteiger partial charge in [0.05, 0.1) is 0 Å². The van der Waals surface area contributed by atoms with Crippen molar-refractivity contribution in [3.8, 4) is 28.9 Å². The average Bonchev–Trinajstić information content (AvgIpc) is 3.89. The minimum Gasteiger partial charge on any atom is -0.504 e. The van der Waals surface area contributed by atoms with Gasteiger partial charge < -0.3 is 33.6 Å². The van der Waals surface area contributed by atoms with E-state index in [2.05, 4.69) is 200 Å². The minimum absolute atomic E-state index is 0. The third-order valence-corrected chi connectivity index (χ3v) is 11.7. The van der Waals surface area contributed by atoms with Gasteiger partial charge in [-0.3, -0.25) is 12.1 Å². The molecule has 0 fully saturated rings. The molecule has 0 N–H and O–H groups in total. The molecule has 5 heterocycles. The van der Waals surface area contributed by atoms with Gasteiger partial charge in [0.1, 0.15) is 0 Å². The third kappa shape index (κ3) is 8.07. The Bertz CT molecular complexity index is 2850. The molecule has 0 saturated carbocycles. The van der Waals surface area contributed by atoms with Gasteiger partial charge in [0.25, 0.3) is 0 Å². The number of ether oxygens (including phenoxy) is 2. The van der Waals surface area contributed by atoms with Crippen molar-refractivity contribution in [2.24, 2.45) is 0 Å². The Morgan fingerprint density at radius 3 is 1.34 bits per heavy atom. The van der Waals surface area contributed by atoms with Gasteiger partial charge in [0, 0.05) is 89.4 Å². The monoisotopic (exact) mass is 1200 g/mol. The van der Waals surface area contributed by atoms with Crippen LogP contribution in [-0.2, 0) is 53.0 Å². The normalized spacial score (nSPS) is 13.5.